The average Bonchev–Trinajstić information content (AvgIpc) is 3.18. The number of esters is 1. The van der Waals surface area contributed by atoms with Crippen LogP contribution in [0.1, 0.15) is 51.2 Å². The summed E-state index contributed by atoms with van der Waals surface area (Å²) in [6.07, 6.45) is 2.20. The van der Waals surface area contributed by atoms with Gasteiger partial charge in [-0.1, -0.05) is 0 Å². The van der Waals surface area contributed by atoms with Crippen molar-refractivity contribution in [1.29, 1.82) is 0 Å². The van der Waals surface area contributed by atoms with Crippen LogP contribution < -0.4 is 5.73 Å². The zero-order valence-electron chi connectivity index (χ0n) is 15.1. The fourth-order valence-electron chi connectivity index (χ4n) is 2.87. The molecule has 140 valence electrons. The van der Waals surface area contributed by atoms with Crippen molar-refractivity contribution in [2.45, 2.75) is 32.6 Å². The number of aromatic amines is 1. The van der Waals surface area contributed by atoms with Crippen LogP contribution in [-0.4, -0.2) is 33.4 Å². The third-order valence-electron chi connectivity index (χ3n) is 4.80. The number of nitrogens with zero attached hydrogens (tertiary/aromatic N) is 2. The molecule has 1 unspecified atom stereocenters. The number of primary amides is 1. The smallest absolute Gasteiger partial charge is 0.357 e. The van der Waals surface area contributed by atoms with E-state index in [2.05, 4.69) is 15.0 Å². The van der Waals surface area contributed by atoms with Crippen LogP contribution in [-0.2, 0) is 9.53 Å². The number of aryl methyl sites for hydroxylation is 2. The van der Waals surface area contributed by atoms with Crippen molar-refractivity contribution in [3.05, 3.63) is 45.2 Å². The van der Waals surface area contributed by atoms with Crippen LogP contribution in [0.3, 0.4) is 0 Å². The van der Waals surface area contributed by atoms with Crippen molar-refractivity contribution in [3.63, 3.8) is 0 Å². The second-order valence-electron chi connectivity index (χ2n) is 7.02. The van der Waals surface area contributed by atoms with Crippen molar-refractivity contribution in [2.24, 2.45) is 11.7 Å². The monoisotopic (exact) mass is 384 g/mol. The molecular weight excluding hydrogens is 364 g/mol. The van der Waals surface area contributed by atoms with E-state index < -0.39 is 17.8 Å². The van der Waals surface area contributed by atoms with Gasteiger partial charge in [0.15, 0.2) is 5.69 Å². The predicted molar refractivity (Wildman–Crippen MR) is 102 cm³/mol. The molecule has 1 saturated carbocycles. The van der Waals surface area contributed by atoms with E-state index in [0.717, 1.165) is 35.0 Å². The molecule has 8 heteroatoms. The molecule has 1 aliphatic rings. The summed E-state index contributed by atoms with van der Waals surface area (Å²) in [5.41, 5.74) is 9.67. The number of hydrogen-bond acceptors (Lipinski definition) is 6. The number of aromatic nitrogens is 3. The Hall–Kier alpha value is -2.74. The van der Waals surface area contributed by atoms with Gasteiger partial charge >= 0.3 is 5.97 Å². The third-order valence-corrected chi connectivity index (χ3v) is 5.71. The molecule has 3 aromatic rings. The van der Waals surface area contributed by atoms with Crippen molar-refractivity contribution in [2.75, 3.05) is 6.61 Å². The van der Waals surface area contributed by atoms with E-state index in [1.54, 1.807) is 5.38 Å². The summed E-state index contributed by atoms with van der Waals surface area (Å²) < 4.78 is 5.25. The number of ether oxygens (including phenoxy) is 1. The van der Waals surface area contributed by atoms with Crippen molar-refractivity contribution in [3.8, 4) is 0 Å². The predicted octanol–water partition coefficient (Wildman–Crippen LogP) is 2.82. The number of fused-ring (bicyclic) bond motifs is 1. The van der Waals surface area contributed by atoms with Crippen LogP contribution in [0, 0.1) is 19.8 Å². The molecule has 0 saturated heterocycles. The lowest BCUT2D eigenvalue weighted by molar-refractivity contribution is -0.118. The topological polar surface area (TPSA) is 111 Å². The zero-order valence-corrected chi connectivity index (χ0v) is 15.9. The zero-order chi connectivity index (χ0) is 19.1. The second kappa shape index (κ2) is 6.77. The molecular formula is C19H20N4O3S. The SMILES string of the molecule is Cc1cc2nc(C(C(N)=O)c3nc(C(=O)OCC4CC4)cs3)[nH]c2cc1C. The molecule has 1 aromatic carbocycles. The van der Waals surface area contributed by atoms with E-state index in [-0.39, 0.29) is 5.69 Å². The lowest BCUT2D eigenvalue weighted by Gasteiger charge is -2.06. The number of nitrogens with one attached hydrogen (secondary N) is 1. The maximum atomic E-state index is 12.1. The van der Waals surface area contributed by atoms with E-state index >= 15 is 0 Å². The number of rotatable bonds is 6. The molecule has 27 heavy (non-hydrogen) atoms. The summed E-state index contributed by atoms with van der Waals surface area (Å²) in [6.45, 7) is 4.45. The van der Waals surface area contributed by atoms with E-state index in [1.165, 1.54) is 11.3 Å². The van der Waals surface area contributed by atoms with Gasteiger partial charge < -0.3 is 15.5 Å². The summed E-state index contributed by atoms with van der Waals surface area (Å²) in [5.74, 6) is -0.978. The van der Waals surface area contributed by atoms with Gasteiger partial charge in [0.25, 0.3) is 0 Å². The van der Waals surface area contributed by atoms with Crippen LogP contribution in [0.15, 0.2) is 17.5 Å². The number of benzene rings is 1. The molecule has 1 fully saturated rings. The summed E-state index contributed by atoms with van der Waals surface area (Å²) in [4.78, 5) is 36.2. The molecule has 1 aliphatic carbocycles. The molecule has 4 rings (SSSR count). The number of H-pyrrole nitrogens is 1. The van der Waals surface area contributed by atoms with Gasteiger partial charge in [-0.15, -0.1) is 11.3 Å². The minimum Gasteiger partial charge on any atom is -0.461 e. The average molecular weight is 384 g/mol. The van der Waals surface area contributed by atoms with Gasteiger partial charge in [-0.25, -0.2) is 14.8 Å². The largest absolute Gasteiger partial charge is 0.461 e. The Morgan fingerprint density at radius 3 is 2.74 bits per heavy atom. The van der Waals surface area contributed by atoms with Crippen molar-refractivity contribution in [1.82, 2.24) is 15.0 Å². The minimum atomic E-state index is -0.840. The Morgan fingerprint density at radius 1 is 1.30 bits per heavy atom. The second-order valence-corrected chi connectivity index (χ2v) is 7.91. The molecule has 0 aliphatic heterocycles. The third kappa shape index (κ3) is 3.57. The standard InChI is InChI=1S/C19H20N4O3S/c1-9-5-12-13(6-10(9)2)22-17(21-12)15(16(20)24)18-23-14(8-27-18)19(25)26-7-11-3-4-11/h5-6,8,11,15H,3-4,7H2,1-2H3,(H2,20,24)(H,21,22). The van der Waals surface area contributed by atoms with E-state index in [0.29, 0.717) is 23.4 Å². The summed E-state index contributed by atoms with van der Waals surface area (Å²) in [7, 11) is 0. The first kappa shape index (κ1) is 17.7. The fourth-order valence-corrected chi connectivity index (χ4v) is 3.76. The number of nitrogens with two attached hydrogens (primary N) is 1. The van der Waals surface area contributed by atoms with Gasteiger partial charge in [-0.2, -0.15) is 0 Å². The van der Waals surface area contributed by atoms with Gasteiger partial charge in [0.05, 0.1) is 17.6 Å². The van der Waals surface area contributed by atoms with Crippen LogP contribution in [0.4, 0.5) is 0 Å². The minimum absolute atomic E-state index is 0.199. The van der Waals surface area contributed by atoms with Crippen molar-refractivity contribution >= 4 is 34.2 Å². The van der Waals surface area contributed by atoms with Gasteiger partial charge in [0.1, 0.15) is 16.7 Å². The van der Waals surface area contributed by atoms with Gasteiger partial charge in [0, 0.05) is 5.38 Å². The normalized spacial score (nSPS) is 15.0. The molecule has 0 spiro atoms. The van der Waals surface area contributed by atoms with Crippen LogP contribution in [0.2, 0.25) is 0 Å². The van der Waals surface area contributed by atoms with Gasteiger partial charge in [-0.05, 0) is 55.9 Å². The molecule has 0 radical (unpaired) electrons. The maximum absolute atomic E-state index is 12.1. The fraction of sp³-hybridized carbons (Fsp3) is 0.368. The maximum Gasteiger partial charge on any atom is 0.357 e. The first-order valence-corrected chi connectivity index (χ1v) is 9.69. The highest BCUT2D eigenvalue weighted by Gasteiger charge is 2.29. The number of hydrogen-bond donors (Lipinski definition) is 2. The molecule has 1 amide bonds. The van der Waals surface area contributed by atoms with Gasteiger partial charge in [0.2, 0.25) is 5.91 Å². The summed E-state index contributed by atoms with van der Waals surface area (Å²) in [5, 5.41) is 2.02. The number of carbonyl (C=O) groups excluding carboxylic acids is 2. The Bertz CT molecular complexity index is 996. The quantitative estimate of drug-likeness (QED) is 0.635. The van der Waals surface area contributed by atoms with E-state index in [4.69, 9.17) is 10.5 Å². The van der Waals surface area contributed by atoms with Crippen molar-refractivity contribution < 1.29 is 14.3 Å². The van der Waals surface area contributed by atoms with E-state index in [1.807, 2.05) is 26.0 Å². The Balaban J connectivity index is 1.63. The first-order chi connectivity index (χ1) is 12.9. The molecule has 0 bridgehead atoms. The number of thiazole rings is 1. The lowest BCUT2D eigenvalue weighted by atomic mass is 10.1. The number of carbonyl (C=O) groups is 2. The lowest BCUT2D eigenvalue weighted by Crippen LogP contribution is -2.23. The molecule has 2 heterocycles. The molecule has 3 N–H and O–H groups in total. The number of amides is 1. The van der Waals surface area contributed by atoms with Crippen LogP contribution in [0.25, 0.3) is 11.0 Å². The number of imidazole rings is 1. The Morgan fingerprint density at radius 2 is 2.04 bits per heavy atom. The Labute approximate surface area is 160 Å². The highest BCUT2D eigenvalue weighted by Crippen LogP contribution is 2.30. The summed E-state index contributed by atoms with van der Waals surface area (Å²) in [6, 6.07) is 3.95. The molecule has 1 atom stereocenters. The Kier molecular flexibility index (Phi) is 4.43. The van der Waals surface area contributed by atoms with E-state index in [9.17, 15) is 9.59 Å². The van der Waals surface area contributed by atoms with Crippen LogP contribution >= 0.6 is 11.3 Å². The molecule has 2 aromatic heterocycles. The summed E-state index contributed by atoms with van der Waals surface area (Å²) >= 11 is 1.20. The van der Waals surface area contributed by atoms with Gasteiger partial charge in [-0.3, -0.25) is 4.79 Å². The highest BCUT2D eigenvalue weighted by molar-refractivity contribution is 7.10. The highest BCUT2D eigenvalue weighted by atomic mass is 32.1. The van der Waals surface area contributed by atoms with Crippen LogP contribution in [0.5, 0.6) is 0 Å². The molecule has 7 nitrogen and oxygen atoms in total. The first-order valence-electron chi connectivity index (χ1n) is 8.81.